The largest absolute Gasteiger partial charge is 0.393 e. The number of nitrogens with zero attached hydrogens (tertiary/aromatic N) is 1. The number of aliphatic hydroxyl groups is 1. The molecule has 13 heavy (non-hydrogen) atoms. The molecule has 2 heteroatoms. The lowest BCUT2D eigenvalue weighted by Gasteiger charge is -2.16. The molecule has 1 N–H and O–H groups in total. The molecule has 0 saturated heterocycles. The number of unbranched alkanes of at least 4 members (excludes halogenated alkanes) is 2. The summed E-state index contributed by atoms with van der Waals surface area (Å²) in [7, 11) is 2.16. The Hall–Kier alpha value is -0.0800. The number of hydrogen-bond donors (Lipinski definition) is 1. The first-order chi connectivity index (χ1) is 6.16. The van der Waals surface area contributed by atoms with Gasteiger partial charge in [0.2, 0.25) is 0 Å². The van der Waals surface area contributed by atoms with E-state index < -0.39 is 0 Å². The Labute approximate surface area is 82.9 Å². The highest BCUT2D eigenvalue weighted by Gasteiger charge is 1.99. The summed E-state index contributed by atoms with van der Waals surface area (Å²) in [6.07, 6.45) is 5.84. The van der Waals surface area contributed by atoms with Crippen molar-refractivity contribution in [2.45, 2.75) is 52.1 Å². The van der Waals surface area contributed by atoms with Crippen LogP contribution >= 0.6 is 0 Å². The van der Waals surface area contributed by atoms with Crippen molar-refractivity contribution in [2.24, 2.45) is 0 Å². The van der Waals surface area contributed by atoms with Crippen LogP contribution in [0, 0.1) is 0 Å². The van der Waals surface area contributed by atoms with Crippen LogP contribution in [0.3, 0.4) is 0 Å². The van der Waals surface area contributed by atoms with Crippen LogP contribution in [0.4, 0.5) is 0 Å². The van der Waals surface area contributed by atoms with E-state index in [1.54, 1.807) is 0 Å². The molecule has 0 aromatic carbocycles. The van der Waals surface area contributed by atoms with Gasteiger partial charge in [0, 0.05) is 0 Å². The molecular formula is C11H25NO. The maximum absolute atomic E-state index is 9.06. The molecule has 0 aromatic heterocycles. The van der Waals surface area contributed by atoms with Gasteiger partial charge in [-0.1, -0.05) is 19.8 Å². The number of aliphatic hydroxyl groups excluding tert-OH is 1. The average Bonchev–Trinajstić information content (AvgIpc) is 2.04. The summed E-state index contributed by atoms with van der Waals surface area (Å²) < 4.78 is 0. The third-order valence-electron chi connectivity index (χ3n) is 2.31. The fourth-order valence-corrected chi connectivity index (χ4v) is 1.40. The van der Waals surface area contributed by atoms with Gasteiger partial charge in [0.25, 0.3) is 0 Å². The molecule has 0 aliphatic heterocycles. The number of hydrogen-bond acceptors (Lipinski definition) is 2. The first-order valence-corrected chi connectivity index (χ1v) is 5.53. The lowest BCUT2D eigenvalue weighted by atomic mass is 10.2. The Morgan fingerprint density at radius 3 is 2.31 bits per heavy atom. The molecule has 0 rings (SSSR count). The summed E-state index contributed by atoms with van der Waals surface area (Å²) in [5.74, 6) is 0. The molecule has 2 nitrogen and oxygen atoms in total. The zero-order valence-corrected chi connectivity index (χ0v) is 9.42. The van der Waals surface area contributed by atoms with E-state index in [4.69, 9.17) is 5.11 Å². The highest BCUT2D eigenvalue weighted by molar-refractivity contribution is 4.54. The van der Waals surface area contributed by atoms with Gasteiger partial charge in [-0.25, -0.2) is 0 Å². The molecule has 0 aromatic rings. The molecular weight excluding hydrogens is 162 g/mol. The van der Waals surface area contributed by atoms with Crippen molar-refractivity contribution in [1.29, 1.82) is 0 Å². The lowest BCUT2D eigenvalue weighted by molar-refractivity contribution is 0.174. The second-order valence-electron chi connectivity index (χ2n) is 4.00. The fourth-order valence-electron chi connectivity index (χ4n) is 1.40. The molecule has 1 unspecified atom stereocenters. The van der Waals surface area contributed by atoms with E-state index in [2.05, 4.69) is 18.9 Å². The van der Waals surface area contributed by atoms with Gasteiger partial charge < -0.3 is 10.0 Å². The summed E-state index contributed by atoms with van der Waals surface area (Å²) in [6.45, 7) is 6.41. The van der Waals surface area contributed by atoms with Gasteiger partial charge in [-0.05, 0) is 46.3 Å². The monoisotopic (exact) mass is 187 g/mol. The Balaban J connectivity index is 3.15. The zero-order chi connectivity index (χ0) is 10.1. The minimum atomic E-state index is -0.135. The van der Waals surface area contributed by atoms with Gasteiger partial charge in [-0.3, -0.25) is 0 Å². The van der Waals surface area contributed by atoms with E-state index in [9.17, 15) is 0 Å². The molecule has 0 bridgehead atoms. The van der Waals surface area contributed by atoms with Crippen molar-refractivity contribution in [1.82, 2.24) is 4.90 Å². The second kappa shape index (κ2) is 8.52. The average molecular weight is 187 g/mol. The van der Waals surface area contributed by atoms with Crippen LogP contribution in [-0.4, -0.2) is 36.2 Å². The molecule has 0 spiro atoms. The molecule has 0 aliphatic rings. The molecule has 0 aliphatic carbocycles. The van der Waals surface area contributed by atoms with Crippen LogP contribution in [-0.2, 0) is 0 Å². The first-order valence-electron chi connectivity index (χ1n) is 5.53. The van der Waals surface area contributed by atoms with Crippen molar-refractivity contribution >= 4 is 0 Å². The Kier molecular flexibility index (Phi) is 8.46. The highest BCUT2D eigenvalue weighted by Crippen LogP contribution is 2.00. The topological polar surface area (TPSA) is 23.5 Å². The molecule has 0 radical (unpaired) electrons. The Morgan fingerprint density at radius 1 is 1.15 bits per heavy atom. The van der Waals surface area contributed by atoms with Crippen LogP contribution in [0.1, 0.15) is 46.0 Å². The minimum Gasteiger partial charge on any atom is -0.393 e. The lowest BCUT2D eigenvalue weighted by Crippen LogP contribution is -2.21. The van der Waals surface area contributed by atoms with Gasteiger partial charge in [0.1, 0.15) is 0 Å². The standard InChI is InChI=1S/C11H25NO/c1-4-5-6-9-12(3)10-7-8-11(2)13/h11,13H,4-10H2,1-3H3. The zero-order valence-electron chi connectivity index (χ0n) is 9.42. The number of rotatable bonds is 8. The van der Waals surface area contributed by atoms with E-state index >= 15 is 0 Å². The van der Waals surface area contributed by atoms with Crippen molar-refractivity contribution in [3.8, 4) is 0 Å². The SMILES string of the molecule is CCCCCN(C)CCCC(C)O. The van der Waals surface area contributed by atoms with Gasteiger partial charge in [0.05, 0.1) is 6.10 Å². The molecule has 1 atom stereocenters. The fraction of sp³-hybridized carbons (Fsp3) is 1.00. The molecule has 0 amide bonds. The summed E-state index contributed by atoms with van der Waals surface area (Å²) >= 11 is 0. The Bertz CT molecular complexity index is 104. The van der Waals surface area contributed by atoms with Gasteiger partial charge >= 0.3 is 0 Å². The van der Waals surface area contributed by atoms with Crippen molar-refractivity contribution in [3.63, 3.8) is 0 Å². The first kappa shape index (κ1) is 12.9. The van der Waals surface area contributed by atoms with E-state index in [1.165, 1.54) is 25.8 Å². The van der Waals surface area contributed by atoms with Crippen LogP contribution in [0.2, 0.25) is 0 Å². The summed E-state index contributed by atoms with van der Waals surface area (Å²) in [6, 6.07) is 0. The second-order valence-corrected chi connectivity index (χ2v) is 4.00. The summed E-state index contributed by atoms with van der Waals surface area (Å²) in [5, 5.41) is 9.06. The van der Waals surface area contributed by atoms with E-state index in [1.807, 2.05) is 6.92 Å². The summed E-state index contributed by atoms with van der Waals surface area (Å²) in [4.78, 5) is 2.36. The van der Waals surface area contributed by atoms with Crippen molar-refractivity contribution in [3.05, 3.63) is 0 Å². The van der Waals surface area contributed by atoms with E-state index in [-0.39, 0.29) is 6.10 Å². The molecule has 80 valence electrons. The van der Waals surface area contributed by atoms with Gasteiger partial charge in [-0.15, -0.1) is 0 Å². The predicted molar refractivity (Wildman–Crippen MR) is 57.9 cm³/mol. The highest BCUT2D eigenvalue weighted by atomic mass is 16.3. The van der Waals surface area contributed by atoms with Crippen LogP contribution in [0.15, 0.2) is 0 Å². The summed E-state index contributed by atoms with van der Waals surface area (Å²) in [5.41, 5.74) is 0. The van der Waals surface area contributed by atoms with Crippen molar-refractivity contribution in [2.75, 3.05) is 20.1 Å². The minimum absolute atomic E-state index is 0.135. The molecule has 0 heterocycles. The molecule has 0 saturated carbocycles. The maximum atomic E-state index is 9.06. The third-order valence-corrected chi connectivity index (χ3v) is 2.31. The van der Waals surface area contributed by atoms with E-state index in [0.717, 1.165) is 19.4 Å². The van der Waals surface area contributed by atoms with Crippen LogP contribution in [0.5, 0.6) is 0 Å². The Morgan fingerprint density at radius 2 is 1.77 bits per heavy atom. The van der Waals surface area contributed by atoms with Crippen LogP contribution < -0.4 is 0 Å². The third kappa shape index (κ3) is 9.84. The smallest absolute Gasteiger partial charge is 0.0512 e. The van der Waals surface area contributed by atoms with Crippen LogP contribution in [0.25, 0.3) is 0 Å². The normalized spacial score (nSPS) is 13.6. The van der Waals surface area contributed by atoms with Gasteiger partial charge in [-0.2, -0.15) is 0 Å². The predicted octanol–water partition coefficient (Wildman–Crippen LogP) is 2.27. The van der Waals surface area contributed by atoms with E-state index in [0.29, 0.717) is 0 Å². The van der Waals surface area contributed by atoms with Gasteiger partial charge in [0.15, 0.2) is 0 Å². The molecule has 0 fully saturated rings. The quantitative estimate of drug-likeness (QED) is 0.589. The van der Waals surface area contributed by atoms with Crippen molar-refractivity contribution < 1.29 is 5.11 Å². The maximum Gasteiger partial charge on any atom is 0.0512 e.